The lowest BCUT2D eigenvalue weighted by molar-refractivity contribution is -0.135. The third kappa shape index (κ3) is 4.45. The van der Waals surface area contributed by atoms with Gasteiger partial charge >= 0.3 is 0 Å². The van der Waals surface area contributed by atoms with Crippen molar-refractivity contribution < 1.29 is 4.79 Å². The van der Waals surface area contributed by atoms with Crippen LogP contribution in [0.3, 0.4) is 0 Å². The molecular weight excluding hydrogens is 274 g/mol. The lowest BCUT2D eigenvalue weighted by atomic mass is 9.83. The summed E-state index contributed by atoms with van der Waals surface area (Å²) < 4.78 is 0. The number of likely N-dealkylation sites (tertiary alicyclic amines) is 1. The maximum atomic E-state index is 12.7. The molecule has 2 rings (SSSR count). The molecule has 0 radical (unpaired) electrons. The molecule has 0 aromatic carbocycles. The summed E-state index contributed by atoms with van der Waals surface area (Å²) in [6, 6.07) is 0.426. The summed E-state index contributed by atoms with van der Waals surface area (Å²) in [5, 5.41) is 3.41. The summed E-state index contributed by atoms with van der Waals surface area (Å²) in [6.07, 6.45) is 4.30. The molecule has 2 aliphatic rings. The van der Waals surface area contributed by atoms with Crippen LogP contribution in [0.4, 0.5) is 0 Å². The summed E-state index contributed by atoms with van der Waals surface area (Å²) in [5.41, 5.74) is 0. The smallest absolute Gasteiger partial charge is 0.222 e. The number of carbonyl (C=O) groups excluding carboxylic acids is 1. The summed E-state index contributed by atoms with van der Waals surface area (Å²) >= 11 is 0. The van der Waals surface area contributed by atoms with E-state index in [9.17, 15) is 4.79 Å². The van der Waals surface area contributed by atoms with Gasteiger partial charge in [-0.15, -0.1) is 0 Å². The average molecular weight is 309 g/mol. The standard InChI is InChI=1S/C18H35N3O/c1-5-21-11-8-17(15(3)13-21)20(4)18(22)12-14(2)16-6-9-19-10-7-16/h14-17,19H,5-13H2,1-4H3/t14-,15+,17+/m1/s1. The molecule has 0 bridgehead atoms. The molecule has 4 heteroatoms. The summed E-state index contributed by atoms with van der Waals surface area (Å²) in [5.74, 6) is 2.17. The molecule has 2 saturated heterocycles. The number of hydrogen-bond acceptors (Lipinski definition) is 3. The summed E-state index contributed by atoms with van der Waals surface area (Å²) in [7, 11) is 2.03. The molecule has 0 aromatic heterocycles. The van der Waals surface area contributed by atoms with Gasteiger partial charge in [0.2, 0.25) is 5.91 Å². The van der Waals surface area contributed by atoms with Gasteiger partial charge in [-0.25, -0.2) is 0 Å². The Bertz CT molecular complexity index is 354. The van der Waals surface area contributed by atoms with E-state index in [2.05, 4.69) is 35.9 Å². The van der Waals surface area contributed by atoms with Crippen LogP contribution in [0.5, 0.6) is 0 Å². The van der Waals surface area contributed by atoms with E-state index >= 15 is 0 Å². The van der Waals surface area contributed by atoms with Gasteiger partial charge in [-0.3, -0.25) is 4.79 Å². The molecule has 128 valence electrons. The Kier molecular flexibility index (Phi) is 6.69. The zero-order valence-corrected chi connectivity index (χ0v) is 15.0. The predicted octanol–water partition coefficient (Wildman–Crippen LogP) is 2.20. The van der Waals surface area contributed by atoms with Crippen LogP contribution in [-0.4, -0.2) is 61.5 Å². The van der Waals surface area contributed by atoms with Crippen LogP contribution in [0, 0.1) is 17.8 Å². The molecule has 1 N–H and O–H groups in total. The summed E-state index contributed by atoms with van der Waals surface area (Å²) in [4.78, 5) is 17.3. The molecule has 2 heterocycles. The van der Waals surface area contributed by atoms with Gasteiger partial charge in [0.1, 0.15) is 0 Å². The van der Waals surface area contributed by atoms with Gasteiger partial charge in [0.15, 0.2) is 0 Å². The van der Waals surface area contributed by atoms with Crippen molar-refractivity contribution in [2.45, 2.75) is 52.5 Å². The Labute approximate surface area is 136 Å². The van der Waals surface area contributed by atoms with Crippen molar-refractivity contribution in [3.8, 4) is 0 Å². The van der Waals surface area contributed by atoms with Gasteiger partial charge in [0, 0.05) is 32.6 Å². The number of piperidine rings is 2. The molecule has 0 aromatic rings. The lowest BCUT2D eigenvalue weighted by Gasteiger charge is -2.41. The van der Waals surface area contributed by atoms with E-state index in [1.165, 1.54) is 12.8 Å². The molecule has 2 aliphatic heterocycles. The van der Waals surface area contributed by atoms with Gasteiger partial charge in [0.25, 0.3) is 0 Å². The third-order valence-corrected chi connectivity index (χ3v) is 5.97. The number of hydrogen-bond donors (Lipinski definition) is 1. The fourth-order valence-electron chi connectivity index (χ4n) is 4.27. The highest BCUT2D eigenvalue weighted by molar-refractivity contribution is 5.76. The maximum absolute atomic E-state index is 12.7. The van der Waals surface area contributed by atoms with Crippen LogP contribution in [0.1, 0.15) is 46.5 Å². The number of carbonyl (C=O) groups is 1. The molecule has 22 heavy (non-hydrogen) atoms. The molecule has 2 fully saturated rings. The number of rotatable bonds is 5. The number of amides is 1. The normalized spacial score (nSPS) is 29.3. The summed E-state index contributed by atoms with van der Waals surface area (Å²) in [6.45, 7) is 12.4. The van der Waals surface area contributed by atoms with Gasteiger partial charge in [-0.05, 0) is 56.7 Å². The van der Waals surface area contributed by atoms with Crippen molar-refractivity contribution in [1.29, 1.82) is 0 Å². The van der Waals surface area contributed by atoms with Crippen LogP contribution >= 0.6 is 0 Å². The van der Waals surface area contributed by atoms with Crippen molar-refractivity contribution in [1.82, 2.24) is 15.1 Å². The second-order valence-electron chi connectivity index (χ2n) is 7.50. The van der Waals surface area contributed by atoms with E-state index in [0.717, 1.165) is 51.5 Å². The van der Waals surface area contributed by atoms with Crippen molar-refractivity contribution in [3.05, 3.63) is 0 Å². The molecule has 0 unspecified atom stereocenters. The van der Waals surface area contributed by atoms with Crippen LogP contribution in [0.2, 0.25) is 0 Å². The molecule has 3 atom stereocenters. The van der Waals surface area contributed by atoms with E-state index in [4.69, 9.17) is 0 Å². The Morgan fingerprint density at radius 2 is 2.00 bits per heavy atom. The largest absolute Gasteiger partial charge is 0.342 e. The number of nitrogens with one attached hydrogen (secondary N) is 1. The molecule has 0 saturated carbocycles. The van der Waals surface area contributed by atoms with Crippen LogP contribution in [0.15, 0.2) is 0 Å². The average Bonchev–Trinajstić information content (AvgIpc) is 2.54. The lowest BCUT2D eigenvalue weighted by Crippen LogP contribution is -2.50. The van der Waals surface area contributed by atoms with Gasteiger partial charge in [0.05, 0.1) is 0 Å². The molecule has 0 aliphatic carbocycles. The van der Waals surface area contributed by atoms with Crippen molar-refractivity contribution in [3.63, 3.8) is 0 Å². The van der Waals surface area contributed by atoms with Crippen LogP contribution in [-0.2, 0) is 4.79 Å². The van der Waals surface area contributed by atoms with Crippen LogP contribution in [0.25, 0.3) is 0 Å². The van der Waals surface area contributed by atoms with E-state index in [-0.39, 0.29) is 0 Å². The van der Waals surface area contributed by atoms with Crippen molar-refractivity contribution in [2.75, 3.05) is 39.8 Å². The minimum absolute atomic E-state index is 0.354. The van der Waals surface area contributed by atoms with Gasteiger partial charge < -0.3 is 15.1 Å². The van der Waals surface area contributed by atoms with E-state index in [0.29, 0.717) is 23.8 Å². The Hall–Kier alpha value is -0.610. The van der Waals surface area contributed by atoms with Crippen molar-refractivity contribution in [2.24, 2.45) is 17.8 Å². The second kappa shape index (κ2) is 8.30. The molecule has 0 spiro atoms. The fourth-order valence-corrected chi connectivity index (χ4v) is 4.27. The first-order valence-electron chi connectivity index (χ1n) is 9.21. The second-order valence-corrected chi connectivity index (χ2v) is 7.50. The maximum Gasteiger partial charge on any atom is 0.222 e. The van der Waals surface area contributed by atoms with E-state index < -0.39 is 0 Å². The highest BCUT2D eigenvalue weighted by atomic mass is 16.2. The van der Waals surface area contributed by atoms with Gasteiger partial charge in [-0.2, -0.15) is 0 Å². The Morgan fingerprint density at radius 3 is 2.59 bits per heavy atom. The van der Waals surface area contributed by atoms with E-state index in [1.807, 2.05) is 7.05 Å². The SMILES string of the molecule is CCN1CC[C@H](N(C)C(=O)C[C@@H](C)C2CCNCC2)[C@@H](C)C1. The minimum Gasteiger partial charge on any atom is -0.342 e. The zero-order chi connectivity index (χ0) is 16.1. The molecule has 4 nitrogen and oxygen atoms in total. The third-order valence-electron chi connectivity index (χ3n) is 5.97. The predicted molar refractivity (Wildman–Crippen MR) is 91.8 cm³/mol. The quantitative estimate of drug-likeness (QED) is 0.846. The van der Waals surface area contributed by atoms with E-state index in [1.54, 1.807) is 0 Å². The Morgan fingerprint density at radius 1 is 1.32 bits per heavy atom. The first kappa shape index (κ1) is 17.7. The first-order chi connectivity index (χ1) is 10.5. The zero-order valence-electron chi connectivity index (χ0n) is 15.0. The highest BCUT2D eigenvalue weighted by Crippen LogP contribution is 2.27. The minimum atomic E-state index is 0.354. The van der Waals surface area contributed by atoms with Crippen molar-refractivity contribution >= 4 is 5.91 Å². The molecular formula is C18H35N3O. The molecule has 1 amide bonds. The number of nitrogens with zero attached hydrogens (tertiary/aromatic N) is 2. The topological polar surface area (TPSA) is 35.6 Å². The fraction of sp³-hybridized carbons (Fsp3) is 0.944. The highest BCUT2D eigenvalue weighted by Gasteiger charge is 2.31. The first-order valence-corrected chi connectivity index (χ1v) is 9.21. The monoisotopic (exact) mass is 309 g/mol. The Balaban J connectivity index is 1.83. The van der Waals surface area contributed by atoms with Crippen LogP contribution < -0.4 is 5.32 Å². The van der Waals surface area contributed by atoms with Gasteiger partial charge in [-0.1, -0.05) is 20.8 Å².